The van der Waals surface area contributed by atoms with E-state index in [1.54, 1.807) is 25.5 Å². The number of carbonyl (C=O) groups excluding carboxylic acids is 1. The van der Waals surface area contributed by atoms with Crippen molar-refractivity contribution in [1.29, 1.82) is 0 Å². The summed E-state index contributed by atoms with van der Waals surface area (Å²) >= 11 is 0. The number of hydrogen-bond acceptors (Lipinski definition) is 4. The molecule has 0 spiro atoms. The Bertz CT molecular complexity index is 736. The fraction of sp³-hybridized carbons (Fsp3) is 0.312. The van der Waals surface area contributed by atoms with E-state index in [2.05, 4.69) is 10.4 Å². The molecule has 0 aliphatic heterocycles. The first-order valence-electron chi connectivity index (χ1n) is 7.01. The number of hydrogen-bond donors (Lipinski definition) is 2. The van der Waals surface area contributed by atoms with Crippen LogP contribution in [0, 0.1) is 6.92 Å². The second-order valence-electron chi connectivity index (χ2n) is 5.92. The molecule has 1 heterocycles. The molecule has 1 aromatic heterocycles. The van der Waals surface area contributed by atoms with Gasteiger partial charge in [0.1, 0.15) is 0 Å². The lowest BCUT2D eigenvalue weighted by Crippen LogP contribution is -2.46. The Morgan fingerprint density at radius 1 is 1.30 bits per heavy atom. The number of nitrogens with zero attached hydrogens (tertiary/aromatic N) is 2. The zero-order valence-corrected chi connectivity index (χ0v) is 14.2. The minimum atomic E-state index is -0.557. The maximum Gasteiger partial charge on any atom is 0.275 e. The molecule has 0 aliphatic carbocycles. The van der Waals surface area contributed by atoms with Crippen LogP contribution < -0.4 is 16.5 Å². The molecule has 1 amide bonds. The van der Waals surface area contributed by atoms with Crippen LogP contribution in [0.4, 0.5) is 0 Å². The first-order valence-corrected chi connectivity index (χ1v) is 7.01. The molecule has 23 heavy (non-hydrogen) atoms. The summed E-state index contributed by atoms with van der Waals surface area (Å²) in [7, 11) is 0. The summed E-state index contributed by atoms with van der Waals surface area (Å²) in [5.41, 5.74) is 6.17. The lowest BCUT2D eigenvalue weighted by atomic mass is 10.1. The van der Waals surface area contributed by atoms with E-state index in [0.29, 0.717) is 5.69 Å². The number of amides is 1. The average Bonchev–Trinajstić information content (AvgIpc) is 2.45. The van der Waals surface area contributed by atoms with Gasteiger partial charge < -0.3 is 11.1 Å². The second kappa shape index (κ2) is 7.39. The fourth-order valence-electron chi connectivity index (χ4n) is 1.93. The normalized spacial score (nSPS) is 10.8. The largest absolute Gasteiger partial charge is 0.349 e. The van der Waals surface area contributed by atoms with Crippen molar-refractivity contribution in [2.75, 3.05) is 6.54 Å². The van der Waals surface area contributed by atoms with E-state index in [9.17, 15) is 9.59 Å². The minimum Gasteiger partial charge on any atom is -0.349 e. The summed E-state index contributed by atoms with van der Waals surface area (Å²) in [5, 5.41) is 6.83. The standard InChI is InChI=1S/C16H20N4O2.ClH/c1-11-9-13(21)14(15(22)18-10-16(2,3)17)19-20(11)12-7-5-4-6-8-12;/h4-9H,10,17H2,1-3H3,(H,18,22);1H. The van der Waals surface area contributed by atoms with Gasteiger partial charge in [0.25, 0.3) is 5.91 Å². The number of carbonyl (C=O) groups is 1. The quantitative estimate of drug-likeness (QED) is 0.883. The third-order valence-corrected chi connectivity index (χ3v) is 3.03. The highest BCUT2D eigenvalue weighted by molar-refractivity contribution is 5.92. The Labute approximate surface area is 141 Å². The van der Waals surface area contributed by atoms with E-state index in [4.69, 9.17) is 5.73 Å². The first-order chi connectivity index (χ1) is 10.3. The van der Waals surface area contributed by atoms with Crippen molar-refractivity contribution in [2.24, 2.45) is 5.73 Å². The van der Waals surface area contributed by atoms with Gasteiger partial charge in [-0.25, -0.2) is 4.68 Å². The molecular weight excluding hydrogens is 316 g/mol. The zero-order valence-electron chi connectivity index (χ0n) is 13.4. The van der Waals surface area contributed by atoms with E-state index in [-0.39, 0.29) is 24.6 Å². The molecule has 7 heteroatoms. The van der Waals surface area contributed by atoms with Crippen molar-refractivity contribution < 1.29 is 4.79 Å². The van der Waals surface area contributed by atoms with Gasteiger partial charge in [-0.2, -0.15) is 5.10 Å². The lowest BCUT2D eigenvalue weighted by Gasteiger charge is -2.18. The topological polar surface area (TPSA) is 90.0 Å². The van der Waals surface area contributed by atoms with Gasteiger partial charge in [-0.1, -0.05) is 18.2 Å². The first kappa shape index (κ1) is 18.9. The molecule has 0 atom stereocenters. The fourth-order valence-corrected chi connectivity index (χ4v) is 1.93. The molecule has 3 N–H and O–H groups in total. The zero-order chi connectivity index (χ0) is 16.3. The van der Waals surface area contributed by atoms with Crippen LogP contribution in [0.1, 0.15) is 30.0 Å². The summed E-state index contributed by atoms with van der Waals surface area (Å²) in [5.74, 6) is -0.520. The summed E-state index contributed by atoms with van der Waals surface area (Å²) in [4.78, 5) is 24.2. The smallest absolute Gasteiger partial charge is 0.275 e. The van der Waals surface area contributed by atoms with E-state index in [0.717, 1.165) is 5.69 Å². The highest BCUT2D eigenvalue weighted by Crippen LogP contribution is 2.07. The Hall–Kier alpha value is -2.18. The number of nitrogens with two attached hydrogens (primary N) is 1. The third kappa shape index (κ3) is 4.91. The van der Waals surface area contributed by atoms with Gasteiger partial charge in [-0.3, -0.25) is 9.59 Å². The van der Waals surface area contributed by atoms with Crippen LogP contribution >= 0.6 is 12.4 Å². The number of nitrogens with one attached hydrogen (secondary N) is 1. The molecule has 0 fully saturated rings. The molecule has 2 aromatic rings. The Morgan fingerprint density at radius 2 is 1.91 bits per heavy atom. The maximum atomic E-state index is 12.2. The minimum absolute atomic E-state index is 0. The predicted octanol–water partition coefficient (Wildman–Crippen LogP) is 1.43. The van der Waals surface area contributed by atoms with E-state index in [1.165, 1.54) is 6.07 Å². The SMILES string of the molecule is Cc1cc(=O)c(C(=O)NCC(C)(C)N)nn1-c1ccccc1.Cl. The third-order valence-electron chi connectivity index (χ3n) is 3.03. The molecule has 124 valence electrons. The molecule has 0 aliphatic rings. The van der Waals surface area contributed by atoms with Crippen LogP contribution in [0.15, 0.2) is 41.2 Å². The summed E-state index contributed by atoms with van der Waals surface area (Å²) in [6, 6.07) is 10.7. The highest BCUT2D eigenvalue weighted by atomic mass is 35.5. The van der Waals surface area contributed by atoms with E-state index >= 15 is 0 Å². The lowest BCUT2D eigenvalue weighted by molar-refractivity contribution is 0.0938. The van der Waals surface area contributed by atoms with Crippen molar-refractivity contribution in [3.63, 3.8) is 0 Å². The second-order valence-corrected chi connectivity index (χ2v) is 5.92. The van der Waals surface area contributed by atoms with Gasteiger partial charge in [-0.05, 0) is 32.9 Å². The van der Waals surface area contributed by atoms with Crippen molar-refractivity contribution in [3.8, 4) is 5.69 Å². The number of aryl methyl sites for hydroxylation is 1. The van der Waals surface area contributed by atoms with Gasteiger partial charge in [-0.15, -0.1) is 12.4 Å². The van der Waals surface area contributed by atoms with Gasteiger partial charge in [0.05, 0.1) is 5.69 Å². The molecule has 0 bridgehead atoms. The van der Waals surface area contributed by atoms with Gasteiger partial charge in [0, 0.05) is 23.8 Å². The van der Waals surface area contributed by atoms with Crippen LogP contribution in [-0.4, -0.2) is 27.8 Å². The number of benzene rings is 1. The van der Waals surface area contributed by atoms with Crippen molar-refractivity contribution in [3.05, 3.63) is 58.0 Å². The molecule has 0 saturated heterocycles. The van der Waals surface area contributed by atoms with Crippen molar-refractivity contribution in [1.82, 2.24) is 15.1 Å². The molecule has 0 unspecified atom stereocenters. The Kier molecular flexibility index (Phi) is 6.06. The Morgan fingerprint density at radius 3 is 2.48 bits per heavy atom. The molecule has 1 aromatic carbocycles. The van der Waals surface area contributed by atoms with Crippen LogP contribution in [0.25, 0.3) is 5.69 Å². The molecular formula is C16H21ClN4O2. The highest BCUT2D eigenvalue weighted by Gasteiger charge is 2.18. The van der Waals surface area contributed by atoms with Gasteiger partial charge >= 0.3 is 0 Å². The van der Waals surface area contributed by atoms with Crippen molar-refractivity contribution in [2.45, 2.75) is 26.3 Å². The summed E-state index contributed by atoms with van der Waals surface area (Å²) in [6.45, 7) is 5.61. The van der Waals surface area contributed by atoms with Gasteiger partial charge in [0.15, 0.2) is 5.69 Å². The van der Waals surface area contributed by atoms with E-state index < -0.39 is 16.9 Å². The molecule has 0 saturated carbocycles. The van der Waals surface area contributed by atoms with Crippen molar-refractivity contribution >= 4 is 18.3 Å². The Balaban J connectivity index is 0.00000264. The van der Waals surface area contributed by atoms with Gasteiger partial charge in [0.2, 0.25) is 5.43 Å². The molecule has 6 nitrogen and oxygen atoms in total. The summed E-state index contributed by atoms with van der Waals surface area (Å²) < 4.78 is 1.57. The van der Waals surface area contributed by atoms with Crippen LogP contribution in [-0.2, 0) is 0 Å². The average molecular weight is 337 g/mol. The van der Waals surface area contributed by atoms with Crippen LogP contribution in [0.5, 0.6) is 0 Å². The maximum absolute atomic E-state index is 12.2. The molecule has 2 rings (SSSR count). The predicted molar refractivity (Wildman–Crippen MR) is 92.4 cm³/mol. The van der Waals surface area contributed by atoms with E-state index in [1.807, 2.05) is 30.3 Å². The number of para-hydroxylation sites is 1. The molecule has 0 radical (unpaired) electrons. The summed E-state index contributed by atoms with van der Waals surface area (Å²) in [6.07, 6.45) is 0. The number of rotatable bonds is 4. The van der Waals surface area contributed by atoms with Crippen LogP contribution in [0.3, 0.4) is 0 Å². The van der Waals surface area contributed by atoms with Crippen LogP contribution in [0.2, 0.25) is 0 Å². The number of halogens is 1. The monoisotopic (exact) mass is 336 g/mol. The number of aromatic nitrogens is 2.